The summed E-state index contributed by atoms with van der Waals surface area (Å²) < 4.78 is 13.7. The Morgan fingerprint density at radius 3 is 2.43 bits per heavy atom. The topological polar surface area (TPSA) is 63.1 Å². The van der Waals surface area contributed by atoms with Crippen LogP contribution in [0.4, 0.5) is 4.39 Å². The minimum Gasteiger partial charge on any atom is -0.478 e. The summed E-state index contributed by atoms with van der Waals surface area (Å²) in [6, 6.07) is 3.91. The predicted octanol–water partition coefficient (Wildman–Crippen LogP) is 4.49. The van der Waals surface area contributed by atoms with E-state index in [1.54, 1.807) is 12.4 Å². The molecule has 4 nitrogen and oxygen atoms in total. The number of nitrogens with zero attached hydrogens (tertiary/aromatic N) is 2. The van der Waals surface area contributed by atoms with Crippen LogP contribution in [0, 0.1) is 5.82 Å². The molecular weight excluding hydrogens is 295 g/mol. The van der Waals surface area contributed by atoms with Crippen LogP contribution in [0.5, 0.6) is 0 Å². The van der Waals surface area contributed by atoms with Gasteiger partial charge in [0, 0.05) is 18.0 Å². The highest BCUT2D eigenvalue weighted by Crippen LogP contribution is 2.19. The quantitative estimate of drug-likeness (QED) is 0.729. The van der Waals surface area contributed by atoms with Crippen LogP contribution < -0.4 is 0 Å². The number of aryl methyl sites for hydroxylation is 1. The Morgan fingerprint density at radius 1 is 1.13 bits per heavy atom. The Bertz CT molecular complexity index is 657. The van der Waals surface area contributed by atoms with Gasteiger partial charge in [0.25, 0.3) is 0 Å². The lowest BCUT2D eigenvalue weighted by atomic mass is 10.1. The molecule has 0 atom stereocenters. The monoisotopic (exact) mass is 316 g/mol. The van der Waals surface area contributed by atoms with E-state index in [0.717, 1.165) is 24.5 Å². The fourth-order valence-electron chi connectivity index (χ4n) is 2.39. The van der Waals surface area contributed by atoms with E-state index in [9.17, 15) is 9.18 Å². The van der Waals surface area contributed by atoms with Gasteiger partial charge >= 0.3 is 5.97 Å². The van der Waals surface area contributed by atoms with Crippen molar-refractivity contribution < 1.29 is 14.3 Å². The number of rotatable bonds is 8. The molecule has 0 aliphatic heterocycles. The van der Waals surface area contributed by atoms with E-state index >= 15 is 0 Å². The Balaban J connectivity index is 1.99. The molecule has 1 heterocycles. The maximum atomic E-state index is 13.7. The maximum absolute atomic E-state index is 13.7. The van der Waals surface area contributed by atoms with Gasteiger partial charge in [-0.05, 0) is 30.5 Å². The summed E-state index contributed by atoms with van der Waals surface area (Å²) in [5.41, 5.74) is 1.19. The minimum absolute atomic E-state index is 0.350. The SMILES string of the molecule is CCCCCCCc1cnc(-c2ccc(C(=O)O)c(F)c2)nc1. The van der Waals surface area contributed by atoms with Crippen molar-refractivity contribution in [2.45, 2.75) is 45.4 Å². The first-order valence-corrected chi connectivity index (χ1v) is 7.96. The van der Waals surface area contributed by atoms with E-state index in [4.69, 9.17) is 5.11 Å². The molecule has 2 aromatic rings. The van der Waals surface area contributed by atoms with Crippen LogP contribution in [0.1, 0.15) is 54.9 Å². The molecule has 0 radical (unpaired) electrons. The highest BCUT2D eigenvalue weighted by atomic mass is 19.1. The van der Waals surface area contributed by atoms with Gasteiger partial charge in [0.2, 0.25) is 0 Å². The molecule has 23 heavy (non-hydrogen) atoms. The summed E-state index contributed by atoms with van der Waals surface area (Å²) >= 11 is 0. The fourth-order valence-corrected chi connectivity index (χ4v) is 2.39. The average Bonchev–Trinajstić information content (AvgIpc) is 2.55. The highest BCUT2D eigenvalue weighted by Gasteiger charge is 2.12. The number of carboxylic acid groups (broad SMARTS) is 1. The lowest BCUT2D eigenvalue weighted by molar-refractivity contribution is 0.0692. The molecule has 122 valence electrons. The highest BCUT2D eigenvalue weighted by molar-refractivity contribution is 5.88. The van der Waals surface area contributed by atoms with Crippen LogP contribution in [0.2, 0.25) is 0 Å². The van der Waals surface area contributed by atoms with Gasteiger partial charge in [0.1, 0.15) is 5.82 Å². The predicted molar refractivity (Wildman–Crippen MR) is 86.8 cm³/mol. The molecule has 0 unspecified atom stereocenters. The van der Waals surface area contributed by atoms with Crippen LogP contribution in [-0.2, 0) is 6.42 Å². The number of benzene rings is 1. The molecular formula is C18H21FN2O2. The molecule has 1 aromatic heterocycles. The number of carboxylic acids is 1. The first kappa shape index (κ1) is 17.1. The summed E-state index contributed by atoms with van der Waals surface area (Å²) in [5, 5.41) is 8.83. The molecule has 0 saturated carbocycles. The number of hydrogen-bond donors (Lipinski definition) is 1. The van der Waals surface area contributed by atoms with Gasteiger partial charge in [-0.2, -0.15) is 0 Å². The maximum Gasteiger partial charge on any atom is 0.338 e. The van der Waals surface area contributed by atoms with E-state index < -0.39 is 11.8 Å². The van der Waals surface area contributed by atoms with E-state index in [2.05, 4.69) is 16.9 Å². The second kappa shape index (κ2) is 8.36. The molecule has 0 amide bonds. The zero-order valence-corrected chi connectivity index (χ0v) is 13.3. The number of unbranched alkanes of at least 4 members (excludes halogenated alkanes) is 4. The normalized spacial score (nSPS) is 10.7. The largest absolute Gasteiger partial charge is 0.478 e. The molecule has 0 aliphatic rings. The summed E-state index contributed by atoms with van der Waals surface area (Å²) in [5.74, 6) is -1.66. The van der Waals surface area contributed by atoms with Crippen LogP contribution in [0.15, 0.2) is 30.6 Å². The zero-order valence-electron chi connectivity index (χ0n) is 13.3. The smallest absolute Gasteiger partial charge is 0.338 e. The van der Waals surface area contributed by atoms with Crippen LogP contribution >= 0.6 is 0 Å². The molecule has 1 N–H and O–H groups in total. The van der Waals surface area contributed by atoms with E-state index in [0.29, 0.717) is 11.4 Å². The number of carbonyl (C=O) groups is 1. The lowest BCUT2D eigenvalue weighted by Crippen LogP contribution is -2.01. The first-order chi connectivity index (χ1) is 11.1. The van der Waals surface area contributed by atoms with Crippen LogP contribution in [0.25, 0.3) is 11.4 Å². The fraction of sp³-hybridized carbons (Fsp3) is 0.389. The second-order valence-corrected chi connectivity index (χ2v) is 5.58. The molecule has 5 heteroatoms. The molecule has 0 bridgehead atoms. The second-order valence-electron chi connectivity index (χ2n) is 5.58. The minimum atomic E-state index is -1.28. The van der Waals surface area contributed by atoms with E-state index in [1.165, 1.54) is 37.8 Å². The van der Waals surface area contributed by atoms with Gasteiger partial charge in [-0.25, -0.2) is 19.2 Å². The molecule has 0 saturated heterocycles. The summed E-state index contributed by atoms with van der Waals surface area (Å²) in [7, 11) is 0. The number of aromatic nitrogens is 2. The van der Waals surface area contributed by atoms with Crippen molar-refractivity contribution in [3.8, 4) is 11.4 Å². The van der Waals surface area contributed by atoms with Gasteiger partial charge in [-0.15, -0.1) is 0 Å². The van der Waals surface area contributed by atoms with Crippen molar-refractivity contribution >= 4 is 5.97 Å². The standard InChI is InChI=1S/C18H21FN2O2/c1-2-3-4-5-6-7-13-11-20-17(21-12-13)14-8-9-15(18(22)23)16(19)10-14/h8-12H,2-7H2,1H3,(H,22,23). The Morgan fingerprint density at radius 2 is 1.83 bits per heavy atom. The van der Waals surface area contributed by atoms with Crippen molar-refractivity contribution in [1.29, 1.82) is 0 Å². The van der Waals surface area contributed by atoms with Gasteiger partial charge < -0.3 is 5.11 Å². The summed E-state index contributed by atoms with van der Waals surface area (Å²) in [6.45, 7) is 2.19. The molecule has 1 aromatic carbocycles. The summed E-state index contributed by atoms with van der Waals surface area (Å²) in [6.07, 6.45) is 10.5. The van der Waals surface area contributed by atoms with Crippen LogP contribution in [-0.4, -0.2) is 21.0 Å². The van der Waals surface area contributed by atoms with Crippen molar-refractivity contribution in [3.63, 3.8) is 0 Å². The Labute approximate surface area is 135 Å². The van der Waals surface area contributed by atoms with Crippen molar-refractivity contribution in [3.05, 3.63) is 47.5 Å². The van der Waals surface area contributed by atoms with Crippen molar-refractivity contribution in [2.24, 2.45) is 0 Å². The Kier molecular flexibility index (Phi) is 6.20. The van der Waals surface area contributed by atoms with Crippen molar-refractivity contribution in [2.75, 3.05) is 0 Å². The van der Waals surface area contributed by atoms with E-state index in [-0.39, 0.29) is 5.56 Å². The zero-order chi connectivity index (χ0) is 16.7. The molecule has 2 rings (SSSR count). The average molecular weight is 316 g/mol. The number of halogens is 1. The third-order valence-electron chi connectivity index (χ3n) is 3.73. The molecule has 0 aliphatic carbocycles. The van der Waals surface area contributed by atoms with Crippen LogP contribution in [0.3, 0.4) is 0 Å². The van der Waals surface area contributed by atoms with Gasteiger partial charge in [-0.3, -0.25) is 0 Å². The van der Waals surface area contributed by atoms with E-state index in [1.807, 2.05) is 0 Å². The van der Waals surface area contributed by atoms with Gasteiger partial charge in [0.05, 0.1) is 5.56 Å². The van der Waals surface area contributed by atoms with Gasteiger partial charge in [0.15, 0.2) is 5.82 Å². The first-order valence-electron chi connectivity index (χ1n) is 7.96. The van der Waals surface area contributed by atoms with Crippen molar-refractivity contribution in [1.82, 2.24) is 9.97 Å². The summed E-state index contributed by atoms with van der Waals surface area (Å²) in [4.78, 5) is 19.3. The molecule has 0 fully saturated rings. The third kappa shape index (κ3) is 4.84. The Hall–Kier alpha value is -2.30. The third-order valence-corrected chi connectivity index (χ3v) is 3.73. The number of hydrogen-bond acceptors (Lipinski definition) is 3. The lowest BCUT2D eigenvalue weighted by Gasteiger charge is -2.04. The number of aromatic carboxylic acids is 1. The van der Waals surface area contributed by atoms with Gasteiger partial charge in [-0.1, -0.05) is 38.7 Å². The molecule has 0 spiro atoms.